The van der Waals surface area contributed by atoms with Gasteiger partial charge in [-0.15, -0.1) is 0 Å². The number of alkyl halides is 1. The van der Waals surface area contributed by atoms with E-state index in [2.05, 4.69) is 15.9 Å². The average Bonchev–Trinajstić information content (AvgIpc) is 1.54. The highest BCUT2D eigenvalue weighted by molar-refractivity contribution is 9.10. The molecule has 1 nitrogen and oxygen atoms in total. The van der Waals surface area contributed by atoms with Crippen LogP contribution < -0.4 is 0 Å². The first-order valence-electron chi connectivity index (χ1n) is 2.95. The molecule has 3 saturated carbocycles. The number of hydrogen-bond acceptors (Lipinski definition) is 1. The Morgan fingerprint density at radius 1 is 1.44 bits per heavy atom. The second kappa shape index (κ2) is 1.37. The number of carbonyl (C=O) groups is 1. The highest BCUT2D eigenvalue weighted by Crippen LogP contribution is 2.72. The van der Waals surface area contributed by atoms with Crippen LogP contribution in [0.25, 0.3) is 0 Å². The van der Waals surface area contributed by atoms with Crippen molar-refractivity contribution in [3.63, 3.8) is 0 Å². The summed E-state index contributed by atoms with van der Waals surface area (Å²) in [6.45, 7) is 0. The van der Waals surface area contributed by atoms with Crippen molar-refractivity contribution >= 4 is 32.8 Å². The van der Waals surface area contributed by atoms with Gasteiger partial charge in [0.2, 0.25) is 5.24 Å². The summed E-state index contributed by atoms with van der Waals surface area (Å²) < 4.78 is 0.317. The zero-order valence-corrected chi connectivity index (χ0v) is 7.13. The molecule has 0 amide bonds. The lowest BCUT2D eigenvalue weighted by Crippen LogP contribution is -2.65. The van der Waals surface area contributed by atoms with Crippen LogP contribution in [0.15, 0.2) is 0 Å². The van der Waals surface area contributed by atoms with Crippen LogP contribution in [0.5, 0.6) is 0 Å². The van der Waals surface area contributed by atoms with Gasteiger partial charge >= 0.3 is 0 Å². The van der Waals surface area contributed by atoms with E-state index in [0.29, 0.717) is 4.32 Å². The van der Waals surface area contributed by atoms with Crippen LogP contribution >= 0.6 is 27.5 Å². The molecule has 0 aromatic carbocycles. The summed E-state index contributed by atoms with van der Waals surface area (Å²) in [6, 6.07) is 0. The number of rotatable bonds is 1. The summed E-state index contributed by atoms with van der Waals surface area (Å²) in [7, 11) is 0. The molecule has 0 aromatic rings. The van der Waals surface area contributed by atoms with Crippen LogP contribution in [-0.4, -0.2) is 9.57 Å². The van der Waals surface area contributed by atoms with Crippen LogP contribution in [0, 0.1) is 5.41 Å². The molecule has 50 valence electrons. The van der Waals surface area contributed by atoms with E-state index in [4.69, 9.17) is 11.6 Å². The summed E-state index contributed by atoms with van der Waals surface area (Å²) in [6.07, 6.45) is 2.88. The van der Waals surface area contributed by atoms with Gasteiger partial charge in [0.1, 0.15) is 0 Å². The van der Waals surface area contributed by atoms with Gasteiger partial charge in [0.25, 0.3) is 0 Å². The fraction of sp³-hybridized carbons (Fsp3) is 0.833. The van der Waals surface area contributed by atoms with Gasteiger partial charge in [0, 0.05) is 9.74 Å². The van der Waals surface area contributed by atoms with E-state index in [1.807, 2.05) is 0 Å². The second-order valence-electron chi connectivity index (χ2n) is 3.24. The maximum atomic E-state index is 10.7. The van der Waals surface area contributed by atoms with Crippen molar-refractivity contribution < 1.29 is 4.79 Å². The van der Waals surface area contributed by atoms with Crippen molar-refractivity contribution in [2.24, 2.45) is 5.41 Å². The molecule has 0 atom stereocenters. The second-order valence-corrected chi connectivity index (χ2v) is 5.26. The van der Waals surface area contributed by atoms with Gasteiger partial charge < -0.3 is 0 Å². The molecule has 9 heavy (non-hydrogen) atoms. The lowest BCUT2D eigenvalue weighted by Gasteiger charge is -2.65. The predicted octanol–water partition coefficient (Wildman–Crippen LogP) is 2.07. The predicted molar refractivity (Wildman–Crippen MR) is 38.8 cm³/mol. The molecule has 0 N–H and O–H groups in total. The Hall–Kier alpha value is 0.440. The topological polar surface area (TPSA) is 17.1 Å². The third kappa shape index (κ3) is 0.586. The Kier molecular flexibility index (Phi) is 0.942. The Morgan fingerprint density at radius 3 is 2.00 bits per heavy atom. The van der Waals surface area contributed by atoms with Crippen molar-refractivity contribution in [2.45, 2.75) is 23.6 Å². The van der Waals surface area contributed by atoms with Crippen molar-refractivity contribution in [1.29, 1.82) is 0 Å². The zero-order chi connectivity index (χ0) is 6.70. The smallest absolute Gasteiger partial charge is 0.227 e. The minimum absolute atomic E-state index is 0.0922. The van der Waals surface area contributed by atoms with Crippen LogP contribution in [-0.2, 0) is 4.79 Å². The fourth-order valence-corrected chi connectivity index (χ4v) is 3.68. The van der Waals surface area contributed by atoms with Crippen LogP contribution in [0.2, 0.25) is 0 Å². The molecule has 0 heterocycles. The van der Waals surface area contributed by atoms with E-state index in [1.54, 1.807) is 0 Å². The molecule has 0 unspecified atom stereocenters. The van der Waals surface area contributed by atoms with Gasteiger partial charge in [0.05, 0.1) is 0 Å². The maximum absolute atomic E-state index is 10.7. The van der Waals surface area contributed by atoms with Gasteiger partial charge in [-0.05, 0) is 30.9 Å². The van der Waals surface area contributed by atoms with E-state index in [1.165, 1.54) is 0 Å². The molecule has 3 aliphatic carbocycles. The first-order valence-corrected chi connectivity index (χ1v) is 4.12. The first-order chi connectivity index (χ1) is 4.06. The third-order valence-corrected chi connectivity index (χ3v) is 3.62. The number of halogens is 2. The fourth-order valence-electron chi connectivity index (χ4n) is 1.87. The van der Waals surface area contributed by atoms with Gasteiger partial charge in [-0.2, -0.15) is 0 Å². The molecule has 3 heteroatoms. The molecule has 3 fully saturated rings. The Labute approximate surface area is 66.9 Å². The zero-order valence-electron chi connectivity index (χ0n) is 4.79. The maximum Gasteiger partial charge on any atom is 0.227 e. The van der Waals surface area contributed by atoms with Gasteiger partial charge in [-0.3, -0.25) is 4.79 Å². The first kappa shape index (κ1) is 6.17. The molecule has 2 bridgehead atoms. The third-order valence-electron chi connectivity index (χ3n) is 2.38. The summed E-state index contributed by atoms with van der Waals surface area (Å²) in [5, 5.41) is -0.135. The molecule has 0 radical (unpaired) electrons. The summed E-state index contributed by atoms with van der Waals surface area (Å²) in [4.78, 5) is 10.7. The average molecular weight is 209 g/mol. The number of hydrogen-bond donors (Lipinski definition) is 0. The molecular formula is C6H6BrClO. The van der Waals surface area contributed by atoms with Gasteiger partial charge in [-0.25, -0.2) is 0 Å². The largest absolute Gasteiger partial charge is 0.281 e. The van der Waals surface area contributed by atoms with Gasteiger partial charge in [0.15, 0.2) is 0 Å². The summed E-state index contributed by atoms with van der Waals surface area (Å²) >= 11 is 8.88. The van der Waals surface area contributed by atoms with E-state index in [-0.39, 0.29) is 10.7 Å². The molecule has 3 aliphatic rings. The normalized spacial score (nSPS) is 53.6. The standard InChI is InChI=1S/C6H6BrClO/c7-6-1-5(2-6,3-6)4(8)9/h1-3H2. The van der Waals surface area contributed by atoms with Crippen molar-refractivity contribution in [2.75, 3.05) is 0 Å². The number of carbonyl (C=O) groups excluding carboxylic acids is 1. The Balaban J connectivity index is 2.13. The molecular weight excluding hydrogens is 203 g/mol. The monoisotopic (exact) mass is 208 g/mol. The van der Waals surface area contributed by atoms with E-state index < -0.39 is 0 Å². The van der Waals surface area contributed by atoms with Crippen molar-refractivity contribution in [3.05, 3.63) is 0 Å². The van der Waals surface area contributed by atoms with Crippen molar-refractivity contribution in [3.8, 4) is 0 Å². The van der Waals surface area contributed by atoms with E-state index in [0.717, 1.165) is 19.3 Å². The molecule has 0 aromatic heterocycles. The minimum atomic E-state index is -0.135. The van der Waals surface area contributed by atoms with Crippen LogP contribution in [0.1, 0.15) is 19.3 Å². The Morgan fingerprint density at radius 2 is 1.89 bits per heavy atom. The SMILES string of the molecule is O=C(Cl)C12CC(Br)(C1)C2. The minimum Gasteiger partial charge on any atom is -0.281 e. The van der Waals surface area contributed by atoms with Crippen LogP contribution in [0.3, 0.4) is 0 Å². The van der Waals surface area contributed by atoms with Gasteiger partial charge in [-0.1, -0.05) is 15.9 Å². The molecule has 0 saturated heterocycles. The van der Waals surface area contributed by atoms with Crippen LogP contribution in [0.4, 0.5) is 0 Å². The lowest BCUT2D eigenvalue weighted by molar-refractivity contribution is -0.144. The summed E-state index contributed by atoms with van der Waals surface area (Å²) in [5.74, 6) is 0. The van der Waals surface area contributed by atoms with E-state index >= 15 is 0 Å². The lowest BCUT2D eigenvalue weighted by atomic mass is 9.45. The molecule has 0 aliphatic heterocycles. The van der Waals surface area contributed by atoms with Crippen molar-refractivity contribution in [1.82, 2.24) is 0 Å². The summed E-state index contributed by atoms with van der Waals surface area (Å²) in [5.41, 5.74) is -0.0922. The highest BCUT2D eigenvalue weighted by atomic mass is 79.9. The molecule has 3 rings (SSSR count). The van der Waals surface area contributed by atoms with E-state index in [9.17, 15) is 4.79 Å². The quantitative estimate of drug-likeness (QED) is 0.477. The highest BCUT2D eigenvalue weighted by Gasteiger charge is 2.69. The Bertz CT molecular complexity index is 170. The molecule has 0 spiro atoms.